The Morgan fingerprint density at radius 2 is 0.417 bits per heavy atom. The maximum Gasteiger partial charge on any atom is 0.0434 e. The SMILES string of the molecule is CC1(C)c2cccc(-c3c4ccccc4c(-c4cccc(-c5ccccc5)c4)c4ccccc34)c2-c2ccc3ccccc3c21.CC1(C)c2cccc(-c3c4ccccc4c(-c4cccc5c4sc4ccccc45)c4ccccc34)c2-c2ccc3ccccc3c21.CC1(C)c2cccc(-c3ccc(-c4c5ccccc5c(-c5ccc6c(ccc7ccccc76)c5)c5ccccc45)cc3)c2-c2ccc3ccccc3c21. The summed E-state index contributed by atoms with van der Waals surface area (Å²) < 4.78 is 2.69. The molecule has 1 heterocycles. The monoisotopic (exact) mass is 1850 g/mol. The maximum absolute atomic E-state index is 2.40. The van der Waals surface area contributed by atoms with Crippen LogP contribution in [0.3, 0.4) is 0 Å². The molecule has 0 atom stereocenters. The van der Waals surface area contributed by atoms with E-state index in [2.05, 4.69) is 527 Å². The first kappa shape index (κ1) is 84.8. The van der Waals surface area contributed by atoms with Crippen molar-refractivity contribution in [1.29, 1.82) is 0 Å². The van der Waals surface area contributed by atoms with Gasteiger partial charge in [0.15, 0.2) is 0 Å². The molecule has 0 aliphatic heterocycles. The van der Waals surface area contributed by atoms with Crippen molar-refractivity contribution in [2.75, 3.05) is 0 Å². The molecule has 0 bridgehead atoms. The Kier molecular flexibility index (Phi) is 19.4. The van der Waals surface area contributed by atoms with E-state index in [4.69, 9.17) is 0 Å². The summed E-state index contributed by atoms with van der Waals surface area (Å²) in [7, 11) is 0. The van der Waals surface area contributed by atoms with Gasteiger partial charge in [0, 0.05) is 42.0 Å². The van der Waals surface area contributed by atoms with Crippen LogP contribution in [0.1, 0.15) is 74.9 Å². The topological polar surface area (TPSA) is 0 Å². The van der Waals surface area contributed by atoms with Crippen LogP contribution in [-0.2, 0) is 16.2 Å². The summed E-state index contributed by atoms with van der Waals surface area (Å²) in [5.41, 5.74) is 36.9. The molecule has 3 aliphatic carbocycles. The summed E-state index contributed by atoms with van der Waals surface area (Å²) in [6, 6.07) is 180. The van der Waals surface area contributed by atoms with Crippen molar-refractivity contribution in [2.24, 2.45) is 0 Å². The van der Waals surface area contributed by atoms with Gasteiger partial charge in [0.05, 0.1) is 0 Å². The summed E-state index contributed by atoms with van der Waals surface area (Å²) in [6.45, 7) is 14.4. The Morgan fingerprint density at radius 3 is 0.861 bits per heavy atom. The van der Waals surface area contributed by atoms with E-state index in [9.17, 15) is 0 Å². The zero-order valence-electron chi connectivity index (χ0n) is 81.1. The summed E-state index contributed by atoms with van der Waals surface area (Å²) in [5.74, 6) is 0. The van der Waals surface area contributed by atoms with Gasteiger partial charge in [0.1, 0.15) is 0 Å². The molecule has 0 spiro atoms. The lowest BCUT2D eigenvalue weighted by Crippen LogP contribution is -2.15. The van der Waals surface area contributed by atoms with Crippen LogP contribution < -0.4 is 0 Å². The Balaban J connectivity index is 0.000000105. The van der Waals surface area contributed by atoms with E-state index in [0.717, 1.165) is 0 Å². The summed E-state index contributed by atoms with van der Waals surface area (Å²) in [4.78, 5) is 0. The normalized spacial score (nSPS) is 13.4. The third-order valence-corrected chi connectivity index (χ3v) is 33.7. The third-order valence-electron chi connectivity index (χ3n) is 32.5. The van der Waals surface area contributed by atoms with Gasteiger partial charge in [-0.25, -0.2) is 0 Å². The van der Waals surface area contributed by atoms with Gasteiger partial charge in [-0.2, -0.15) is 0 Å². The van der Waals surface area contributed by atoms with Crippen molar-refractivity contribution in [3.63, 3.8) is 0 Å². The van der Waals surface area contributed by atoms with Gasteiger partial charge in [-0.05, 0) is 287 Å². The molecule has 0 nitrogen and oxygen atoms in total. The number of hydrogen-bond acceptors (Lipinski definition) is 1. The van der Waals surface area contributed by atoms with Gasteiger partial charge >= 0.3 is 0 Å². The molecule has 0 saturated carbocycles. The first-order valence-corrected chi connectivity index (χ1v) is 51.5. The van der Waals surface area contributed by atoms with E-state index in [0.29, 0.717) is 0 Å². The number of rotatable bonds is 8. The highest BCUT2D eigenvalue weighted by Crippen LogP contribution is 2.61. The average molecular weight is 1850 g/mol. The summed E-state index contributed by atoms with van der Waals surface area (Å²) in [5, 5.41) is 31.2. The fourth-order valence-electron chi connectivity index (χ4n) is 26.2. The lowest BCUT2D eigenvalue weighted by atomic mass is 9.79. The van der Waals surface area contributed by atoms with Gasteiger partial charge < -0.3 is 0 Å². The van der Waals surface area contributed by atoms with Gasteiger partial charge in [-0.3, -0.25) is 0 Å². The molecule has 27 aromatic rings. The van der Waals surface area contributed by atoms with Crippen molar-refractivity contribution in [3.8, 4) is 122 Å². The van der Waals surface area contributed by atoms with Crippen LogP contribution in [0.15, 0.2) is 485 Å². The van der Waals surface area contributed by atoms with Crippen LogP contribution in [0.25, 0.3) is 261 Å². The number of benzene rings is 26. The molecular formula is C143H98S. The first-order valence-electron chi connectivity index (χ1n) is 50.7. The highest BCUT2D eigenvalue weighted by molar-refractivity contribution is 7.26. The van der Waals surface area contributed by atoms with Crippen LogP contribution in [0, 0.1) is 0 Å². The van der Waals surface area contributed by atoms with Crippen LogP contribution in [-0.4, -0.2) is 0 Å². The highest BCUT2D eigenvalue weighted by Gasteiger charge is 2.43. The van der Waals surface area contributed by atoms with E-state index in [1.54, 1.807) is 0 Å². The zero-order valence-corrected chi connectivity index (χ0v) is 81.9. The molecule has 0 unspecified atom stereocenters. The lowest BCUT2D eigenvalue weighted by molar-refractivity contribution is 0.666. The smallest absolute Gasteiger partial charge is 0.0434 e. The zero-order chi connectivity index (χ0) is 96.0. The van der Waals surface area contributed by atoms with Crippen LogP contribution in [0.4, 0.5) is 0 Å². The van der Waals surface area contributed by atoms with E-state index in [1.165, 1.54) is 294 Å². The van der Waals surface area contributed by atoms with E-state index >= 15 is 0 Å². The number of thiophene rings is 1. The standard InChI is InChI=1S/C53H36.C45H30S.C45H32/c1-53(2)48-21-11-20-41(51(48)47-31-28-34-13-4-6-15-42(34)52(47)53)35-22-25-36(26-23-35)49-43-16-7-9-18-45(43)50(46-19-10-8-17-44(46)49)38-29-30-40-37(32-38)27-24-33-12-3-5-14-39(33)40;1-45(2)38-23-12-21-35(42(38)36-26-25-27-13-3-4-14-28(27)43(36)45)40-30-16-5-7-18-32(30)41(33-19-8-6-17-31(33)40)37-22-11-20-34-29-15-9-10-24-39(29)46-44(34)37;1-45(2)40-25-13-24-38(43(40)39-27-26-30-16-6-7-19-33(30)44(39)45)42-36-22-10-8-20-34(36)41(35-21-9-11-23-37(35)42)32-18-12-17-31(28-32)29-14-4-3-5-15-29/h3-32H,1-2H3;3-26H,1-2H3;3-28H,1-2H3. The quantitative estimate of drug-likeness (QED) is 0.105. The van der Waals surface area contributed by atoms with Crippen molar-refractivity contribution in [1.82, 2.24) is 0 Å². The fourth-order valence-corrected chi connectivity index (χ4v) is 27.4. The van der Waals surface area contributed by atoms with E-state index in [1.807, 2.05) is 11.3 Å². The second kappa shape index (κ2) is 33.0. The minimum Gasteiger partial charge on any atom is -0.135 e. The predicted octanol–water partition coefficient (Wildman–Crippen LogP) is 40.4. The lowest BCUT2D eigenvalue weighted by Gasteiger charge is -2.23. The van der Waals surface area contributed by atoms with Crippen molar-refractivity contribution in [2.45, 2.75) is 57.8 Å². The third kappa shape index (κ3) is 12.9. The molecule has 144 heavy (non-hydrogen) atoms. The number of hydrogen-bond donors (Lipinski definition) is 0. The molecular weight excluding hydrogens is 1750 g/mol. The maximum atomic E-state index is 2.40. The molecule has 1 heteroatoms. The summed E-state index contributed by atoms with van der Waals surface area (Å²) >= 11 is 1.91. The van der Waals surface area contributed by atoms with Gasteiger partial charge in [-0.1, -0.05) is 509 Å². The largest absolute Gasteiger partial charge is 0.135 e. The Hall–Kier alpha value is -17.2. The molecule has 3 aliphatic rings. The molecule has 0 amide bonds. The fraction of sp³-hybridized carbons (Fsp3) is 0.0629. The van der Waals surface area contributed by atoms with E-state index < -0.39 is 0 Å². The molecule has 0 radical (unpaired) electrons. The summed E-state index contributed by atoms with van der Waals surface area (Å²) in [6.07, 6.45) is 0. The van der Waals surface area contributed by atoms with Crippen molar-refractivity contribution in [3.05, 3.63) is 519 Å². The van der Waals surface area contributed by atoms with E-state index in [-0.39, 0.29) is 16.2 Å². The molecule has 676 valence electrons. The van der Waals surface area contributed by atoms with Crippen LogP contribution in [0.2, 0.25) is 0 Å². The Labute approximate surface area is 842 Å². The Bertz CT molecular complexity index is 9940. The molecule has 26 aromatic carbocycles. The second-order valence-electron chi connectivity index (χ2n) is 41.2. The molecule has 0 N–H and O–H groups in total. The van der Waals surface area contributed by atoms with Crippen LogP contribution in [0.5, 0.6) is 0 Å². The van der Waals surface area contributed by atoms with Crippen LogP contribution >= 0.6 is 11.3 Å². The van der Waals surface area contributed by atoms with Crippen molar-refractivity contribution < 1.29 is 0 Å². The van der Waals surface area contributed by atoms with Gasteiger partial charge in [0.2, 0.25) is 0 Å². The predicted molar refractivity (Wildman–Crippen MR) is 621 cm³/mol. The molecule has 0 saturated heterocycles. The second-order valence-corrected chi connectivity index (χ2v) is 42.3. The molecule has 0 fully saturated rings. The minimum absolute atomic E-state index is 0.0834. The molecule has 30 rings (SSSR count). The average Bonchev–Trinajstić information content (AvgIpc) is 1.54. The van der Waals surface area contributed by atoms with Gasteiger partial charge in [-0.15, -0.1) is 11.3 Å². The first-order chi connectivity index (χ1) is 70.8. The minimum atomic E-state index is -0.107. The Morgan fingerprint density at radius 1 is 0.139 bits per heavy atom. The van der Waals surface area contributed by atoms with Gasteiger partial charge in [0.25, 0.3) is 0 Å². The molecule has 1 aromatic heterocycles. The number of fused-ring (bicyclic) bond motifs is 27. The van der Waals surface area contributed by atoms with Crippen molar-refractivity contribution >= 4 is 150 Å². The highest BCUT2D eigenvalue weighted by atomic mass is 32.1.